The molecular formula is C29H34N2O2. The summed E-state index contributed by atoms with van der Waals surface area (Å²) in [7, 11) is 0. The molecule has 2 aliphatic rings. The summed E-state index contributed by atoms with van der Waals surface area (Å²) in [5.74, 6) is 1.27. The molecule has 0 spiro atoms. The zero-order valence-electron chi connectivity index (χ0n) is 19.9. The number of benzene rings is 2. The van der Waals surface area contributed by atoms with Crippen LogP contribution in [-0.2, 0) is 4.79 Å². The summed E-state index contributed by atoms with van der Waals surface area (Å²) in [6.45, 7) is 6.42. The Morgan fingerprint density at radius 2 is 1.52 bits per heavy atom. The topological polar surface area (TPSA) is 58.2 Å². The normalized spacial score (nSPS) is 20.5. The Bertz CT molecular complexity index is 1090. The van der Waals surface area contributed by atoms with E-state index in [9.17, 15) is 9.59 Å². The fourth-order valence-corrected chi connectivity index (χ4v) is 4.68. The number of carbonyl (C=O) groups excluding carboxylic acids is 2. The lowest BCUT2D eigenvalue weighted by molar-refractivity contribution is -0.113. The van der Waals surface area contributed by atoms with Crippen LogP contribution in [0.3, 0.4) is 0 Å². The van der Waals surface area contributed by atoms with Crippen molar-refractivity contribution in [3.05, 3.63) is 88.1 Å². The Morgan fingerprint density at radius 3 is 2.15 bits per heavy atom. The monoisotopic (exact) mass is 442 g/mol. The molecule has 0 heterocycles. The van der Waals surface area contributed by atoms with Crippen LogP contribution in [-0.4, -0.2) is 11.8 Å². The molecule has 2 aromatic carbocycles. The number of amides is 2. The van der Waals surface area contributed by atoms with Crippen molar-refractivity contribution in [2.24, 2.45) is 5.92 Å². The highest BCUT2D eigenvalue weighted by Gasteiger charge is 2.20. The largest absolute Gasteiger partial charge is 0.326 e. The van der Waals surface area contributed by atoms with E-state index >= 15 is 0 Å². The summed E-state index contributed by atoms with van der Waals surface area (Å²) >= 11 is 0. The number of nitrogens with one attached hydrogen (secondary N) is 2. The Morgan fingerprint density at radius 1 is 0.788 bits per heavy atom. The predicted molar refractivity (Wildman–Crippen MR) is 134 cm³/mol. The lowest BCUT2D eigenvalue weighted by atomic mass is 9.79. The molecule has 4 nitrogen and oxygen atoms in total. The molecule has 0 unspecified atom stereocenters. The van der Waals surface area contributed by atoms with E-state index in [0.29, 0.717) is 24.3 Å². The van der Waals surface area contributed by atoms with E-state index in [4.69, 9.17) is 0 Å². The van der Waals surface area contributed by atoms with Gasteiger partial charge in [-0.25, -0.2) is 0 Å². The van der Waals surface area contributed by atoms with Crippen LogP contribution in [0.4, 0.5) is 5.69 Å². The van der Waals surface area contributed by atoms with Crippen LogP contribution in [0.25, 0.3) is 0 Å². The van der Waals surface area contributed by atoms with E-state index in [1.54, 1.807) is 0 Å². The summed E-state index contributed by atoms with van der Waals surface area (Å²) in [4.78, 5) is 25.3. The second-order valence-corrected chi connectivity index (χ2v) is 9.67. The maximum absolute atomic E-state index is 12.7. The van der Waals surface area contributed by atoms with Crippen molar-refractivity contribution < 1.29 is 9.59 Å². The zero-order chi connectivity index (χ0) is 23.4. The highest BCUT2D eigenvalue weighted by atomic mass is 16.2. The Labute approximate surface area is 197 Å². The van der Waals surface area contributed by atoms with E-state index < -0.39 is 0 Å². The van der Waals surface area contributed by atoms with Gasteiger partial charge in [-0.3, -0.25) is 9.59 Å². The van der Waals surface area contributed by atoms with Crippen molar-refractivity contribution in [1.82, 2.24) is 5.32 Å². The van der Waals surface area contributed by atoms with Gasteiger partial charge >= 0.3 is 0 Å². The molecule has 0 aromatic heterocycles. The van der Waals surface area contributed by atoms with Gasteiger partial charge in [0.1, 0.15) is 0 Å². The van der Waals surface area contributed by atoms with Gasteiger partial charge in [-0.1, -0.05) is 44.0 Å². The molecule has 1 saturated carbocycles. The molecule has 0 aliphatic heterocycles. The molecule has 0 atom stereocenters. The number of hydrogen-bond acceptors (Lipinski definition) is 2. The molecule has 2 aliphatic carbocycles. The van der Waals surface area contributed by atoms with Crippen molar-refractivity contribution in [2.75, 3.05) is 5.32 Å². The molecule has 33 heavy (non-hydrogen) atoms. The van der Waals surface area contributed by atoms with Gasteiger partial charge in [0.25, 0.3) is 11.8 Å². The third-order valence-electron chi connectivity index (χ3n) is 7.14. The molecule has 2 amide bonds. The molecule has 172 valence electrons. The summed E-state index contributed by atoms with van der Waals surface area (Å²) in [6, 6.07) is 14.0. The molecule has 2 aromatic rings. The van der Waals surface area contributed by atoms with E-state index in [2.05, 4.69) is 36.6 Å². The number of allylic oxidation sites excluding steroid dienone is 3. The molecule has 2 N–H and O–H groups in total. The number of rotatable bonds is 5. The number of anilines is 1. The first-order chi connectivity index (χ1) is 15.9. The minimum absolute atomic E-state index is 0.0902. The SMILES string of the molecule is Cc1ccc(NC(=O)C2=CC=C(NC(=O)c3ccc(C4CCC(C)CC4)cc3)CC2)cc1C. The average Bonchev–Trinajstić information content (AvgIpc) is 2.82. The van der Waals surface area contributed by atoms with Gasteiger partial charge in [-0.15, -0.1) is 0 Å². The summed E-state index contributed by atoms with van der Waals surface area (Å²) in [5.41, 5.74) is 6.73. The van der Waals surface area contributed by atoms with Crippen LogP contribution in [0.5, 0.6) is 0 Å². The lowest BCUT2D eigenvalue weighted by Gasteiger charge is -2.26. The van der Waals surface area contributed by atoms with Crippen molar-refractivity contribution >= 4 is 17.5 Å². The first-order valence-corrected chi connectivity index (χ1v) is 12.1. The second kappa shape index (κ2) is 10.2. The summed E-state index contributed by atoms with van der Waals surface area (Å²) in [5, 5.41) is 5.98. The highest BCUT2D eigenvalue weighted by Crippen LogP contribution is 2.35. The van der Waals surface area contributed by atoms with Crippen LogP contribution < -0.4 is 10.6 Å². The maximum Gasteiger partial charge on any atom is 0.255 e. The molecule has 0 saturated heterocycles. The van der Waals surface area contributed by atoms with Gasteiger partial charge in [-0.2, -0.15) is 0 Å². The second-order valence-electron chi connectivity index (χ2n) is 9.67. The summed E-state index contributed by atoms with van der Waals surface area (Å²) in [6.07, 6.45) is 9.95. The Balaban J connectivity index is 1.33. The van der Waals surface area contributed by atoms with E-state index in [1.807, 2.05) is 49.4 Å². The Hall–Kier alpha value is -3.14. The van der Waals surface area contributed by atoms with Crippen LogP contribution in [0.2, 0.25) is 0 Å². The highest BCUT2D eigenvalue weighted by molar-refractivity contribution is 6.04. The first-order valence-electron chi connectivity index (χ1n) is 12.1. The number of carbonyl (C=O) groups is 2. The summed E-state index contributed by atoms with van der Waals surface area (Å²) < 4.78 is 0. The van der Waals surface area contributed by atoms with Crippen molar-refractivity contribution in [3.8, 4) is 0 Å². The van der Waals surface area contributed by atoms with Crippen LogP contribution in [0.15, 0.2) is 65.9 Å². The van der Waals surface area contributed by atoms with Gasteiger partial charge in [-0.05, 0) is 98.4 Å². The molecule has 4 rings (SSSR count). The van der Waals surface area contributed by atoms with Crippen LogP contribution >= 0.6 is 0 Å². The fraction of sp³-hybridized carbons (Fsp3) is 0.379. The van der Waals surface area contributed by atoms with Gasteiger partial charge in [0.2, 0.25) is 0 Å². The predicted octanol–water partition coefficient (Wildman–Crippen LogP) is 6.57. The quantitative estimate of drug-likeness (QED) is 0.550. The van der Waals surface area contributed by atoms with Crippen LogP contribution in [0.1, 0.15) is 78.4 Å². The molecule has 0 bridgehead atoms. The smallest absolute Gasteiger partial charge is 0.255 e. The van der Waals surface area contributed by atoms with E-state index in [-0.39, 0.29) is 11.8 Å². The standard InChI is InChI=1S/C29H34N2O2/c1-19-4-7-22(8-5-19)23-9-11-24(12-10-23)28(32)30-26-16-13-25(14-17-26)29(33)31-27-15-6-20(2)21(3)18-27/h6,9-13,15-16,18-19,22H,4-5,7-8,14,17H2,1-3H3,(H,30,32)(H,31,33). The number of aryl methyl sites for hydroxylation is 2. The van der Waals surface area contributed by atoms with Crippen LogP contribution in [0, 0.1) is 19.8 Å². The molecule has 4 heteroatoms. The molecule has 1 fully saturated rings. The van der Waals surface area contributed by atoms with Gasteiger partial charge < -0.3 is 10.6 Å². The lowest BCUT2D eigenvalue weighted by Crippen LogP contribution is -2.25. The first kappa shape index (κ1) is 23.0. The van der Waals surface area contributed by atoms with Crippen molar-refractivity contribution in [3.63, 3.8) is 0 Å². The Kier molecular flexibility index (Phi) is 7.12. The van der Waals surface area contributed by atoms with Gasteiger partial charge in [0.05, 0.1) is 0 Å². The van der Waals surface area contributed by atoms with E-state index in [0.717, 1.165) is 28.4 Å². The average molecular weight is 443 g/mol. The minimum atomic E-state index is -0.0958. The third kappa shape index (κ3) is 5.81. The van der Waals surface area contributed by atoms with E-state index in [1.165, 1.54) is 36.8 Å². The third-order valence-corrected chi connectivity index (χ3v) is 7.14. The fourth-order valence-electron chi connectivity index (χ4n) is 4.68. The number of hydrogen-bond donors (Lipinski definition) is 2. The van der Waals surface area contributed by atoms with Crippen molar-refractivity contribution in [1.29, 1.82) is 0 Å². The molecule has 0 radical (unpaired) electrons. The van der Waals surface area contributed by atoms with Gasteiger partial charge in [0.15, 0.2) is 0 Å². The van der Waals surface area contributed by atoms with Gasteiger partial charge in [0, 0.05) is 22.5 Å². The minimum Gasteiger partial charge on any atom is -0.326 e. The molecular weight excluding hydrogens is 408 g/mol. The zero-order valence-corrected chi connectivity index (χ0v) is 19.9. The maximum atomic E-state index is 12.7. The van der Waals surface area contributed by atoms with Crippen molar-refractivity contribution in [2.45, 2.75) is 65.2 Å².